The Labute approximate surface area is 569 Å². The number of aromatic nitrogens is 2. The number of ether oxygens (including phenoxy) is 8. The van der Waals surface area contributed by atoms with E-state index < -0.39 is 23.1 Å². The van der Waals surface area contributed by atoms with Gasteiger partial charge in [0, 0.05) is 58.4 Å². The van der Waals surface area contributed by atoms with E-state index in [-0.39, 0.29) is 74.5 Å². The number of hydrogen-bond donors (Lipinski definition) is 0. The van der Waals surface area contributed by atoms with Gasteiger partial charge in [0.1, 0.15) is 46.0 Å². The summed E-state index contributed by atoms with van der Waals surface area (Å²) in [7, 11) is 0. The Morgan fingerprint density at radius 1 is 0.543 bits per heavy atom. The summed E-state index contributed by atoms with van der Waals surface area (Å²) in [6, 6.07) is 27.0. The Balaban J connectivity index is 0.000000171. The molecule has 500 valence electrons. The van der Waals surface area contributed by atoms with Gasteiger partial charge in [0.05, 0.1) is 35.8 Å². The van der Waals surface area contributed by atoms with Crippen LogP contribution in [0.25, 0.3) is 0 Å². The molecule has 0 unspecified atom stereocenters. The van der Waals surface area contributed by atoms with Gasteiger partial charge in [-0.05, 0) is 158 Å². The molecule has 6 fully saturated rings. The van der Waals surface area contributed by atoms with E-state index in [2.05, 4.69) is 51.3 Å². The van der Waals surface area contributed by atoms with Gasteiger partial charge in [-0.2, -0.15) is 0 Å². The van der Waals surface area contributed by atoms with Crippen molar-refractivity contribution in [2.75, 3.05) is 39.8 Å². The summed E-state index contributed by atoms with van der Waals surface area (Å²) < 4.78 is 45.8. The smallest absolute Gasteiger partial charge is 0.454 e. The molecule has 4 aliphatic heterocycles. The van der Waals surface area contributed by atoms with Crippen LogP contribution in [-0.4, -0.2) is 108 Å². The molecule has 14 rings (SSSR count). The number of likely N-dealkylation sites (tertiary alicyclic amines) is 2. The summed E-state index contributed by atoms with van der Waals surface area (Å²) in [4.78, 5) is 69.6. The second-order valence-electron chi connectivity index (χ2n) is 28.2. The first-order valence-electron chi connectivity index (χ1n) is 33.9. The lowest BCUT2D eigenvalue weighted by Gasteiger charge is -2.36. The van der Waals surface area contributed by atoms with Crippen molar-refractivity contribution in [1.82, 2.24) is 19.8 Å². The van der Waals surface area contributed by atoms with Crippen molar-refractivity contribution in [3.8, 4) is 23.0 Å². The molecule has 4 aliphatic carbocycles. The standard InChI is InChI=1S/2C37H43ClN2O6S/c2*1-22(2)26-10-8-23(3)16-30(26)46-36(42)45-25-12-15-40(20-25)35(27-6-4-5-7-28(27)38)32-19-39-34(47-32)18-33(41)37(13-14-37)24-9-11-29-31(17-24)44-21-43-29/h2*4-7,9,11,17,19,22-23,25-26,30,35H,8,10,12-16,18,20-21H2,1-3H3/t23-,25+,26+,30-,35+;23-,25+,26+,30-,35-/m00/s1. The van der Waals surface area contributed by atoms with Crippen molar-refractivity contribution in [1.29, 1.82) is 0 Å². The number of thiazole rings is 2. The minimum atomic E-state index is -0.564. The molecule has 0 radical (unpaired) electrons. The van der Waals surface area contributed by atoms with Gasteiger partial charge in [-0.15, -0.1) is 22.7 Å². The number of Topliss-reactive ketones (excluding diaryl/α,β-unsaturated/α-hetero) is 2. The Kier molecular flexibility index (Phi) is 20.1. The van der Waals surface area contributed by atoms with Crippen LogP contribution in [0.4, 0.5) is 9.59 Å². The summed E-state index contributed by atoms with van der Waals surface area (Å²) in [5, 5.41) is 2.90. The zero-order valence-electron chi connectivity index (χ0n) is 54.6. The van der Waals surface area contributed by atoms with Crippen molar-refractivity contribution >= 4 is 69.8 Å². The lowest BCUT2D eigenvalue weighted by molar-refractivity contribution is -0.121. The van der Waals surface area contributed by atoms with E-state index in [1.54, 1.807) is 22.7 Å². The zero-order valence-corrected chi connectivity index (χ0v) is 57.7. The maximum atomic E-state index is 13.7. The number of carbonyl (C=O) groups is 4. The first-order valence-corrected chi connectivity index (χ1v) is 36.3. The SMILES string of the molecule is CC(C)[C@H]1CC[C@H](C)C[C@@H]1OC(=O)O[C@@H]1CCN([C@@H](c2cnc(CC(=O)C3(c4ccc5c(c4)OCO5)CC3)s2)c2ccccc2Cl)C1.CC(C)[C@H]1CC[C@H](C)C[C@@H]1OC(=O)O[C@@H]1CCN([C@H](c2cnc(CC(=O)C3(c4ccc5c(c4)OCO5)CC3)s2)c2ccccc2Cl)C1. The highest BCUT2D eigenvalue weighted by Crippen LogP contribution is 2.54. The molecule has 10 atom stereocenters. The Morgan fingerprint density at radius 2 is 0.947 bits per heavy atom. The van der Waals surface area contributed by atoms with Crippen molar-refractivity contribution < 1.29 is 57.1 Å². The summed E-state index contributed by atoms with van der Waals surface area (Å²) in [5.41, 5.74) is 2.92. The first-order chi connectivity index (χ1) is 45.4. The molecule has 94 heavy (non-hydrogen) atoms. The third kappa shape index (κ3) is 14.5. The van der Waals surface area contributed by atoms with Crippen LogP contribution in [0.5, 0.6) is 23.0 Å². The second-order valence-corrected chi connectivity index (χ2v) is 31.3. The number of halogens is 2. The van der Waals surface area contributed by atoms with E-state index in [1.165, 1.54) is 12.8 Å². The third-order valence-electron chi connectivity index (χ3n) is 21.1. The molecule has 4 aromatic carbocycles. The van der Waals surface area contributed by atoms with Gasteiger partial charge in [0.25, 0.3) is 0 Å². The maximum absolute atomic E-state index is 13.7. The molecule has 0 spiro atoms. The van der Waals surface area contributed by atoms with Gasteiger partial charge in [0.15, 0.2) is 23.0 Å². The summed E-state index contributed by atoms with van der Waals surface area (Å²) in [6.45, 7) is 16.3. The van der Waals surface area contributed by atoms with Crippen LogP contribution in [0.1, 0.15) is 173 Å². The van der Waals surface area contributed by atoms with Gasteiger partial charge in [-0.3, -0.25) is 19.4 Å². The van der Waals surface area contributed by atoms with Gasteiger partial charge in [-0.25, -0.2) is 19.6 Å². The van der Waals surface area contributed by atoms with E-state index in [0.29, 0.717) is 83.0 Å². The van der Waals surface area contributed by atoms with Crippen LogP contribution in [0.15, 0.2) is 97.3 Å². The fraction of sp³-hybridized carbons (Fsp3) is 0.541. The minimum Gasteiger partial charge on any atom is -0.454 e. The van der Waals surface area contributed by atoms with Gasteiger partial charge >= 0.3 is 12.3 Å². The molecular formula is C74H86Cl2N4O12S2. The average molecular weight is 1360 g/mol. The topological polar surface area (TPSA) is 174 Å². The van der Waals surface area contributed by atoms with Crippen LogP contribution in [0.3, 0.4) is 0 Å². The van der Waals surface area contributed by atoms with E-state index in [9.17, 15) is 19.2 Å². The predicted octanol–water partition coefficient (Wildman–Crippen LogP) is 16.3. The highest BCUT2D eigenvalue weighted by atomic mass is 35.5. The monoisotopic (exact) mass is 1360 g/mol. The van der Waals surface area contributed by atoms with Gasteiger partial charge < -0.3 is 37.9 Å². The number of ketones is 2. The fourth-order valence-electron chi connectivity index (χ4n) is 15.5. The Morgan fingerprint density at radius 3 is 1.34 bits per heavy atom. The zero-order chi connectivity index (χ0) is 65.4. The van der Waals surface area contributed by atoms with Crippen LogP contribution in [0.2, 0.25) is 10.0 Å². The molecule has 2 saturated heterocycles. The van der Waals surface area contributed by atoms with E-state index in [0.717, 1.165) is 118 Å². The number of nitrogens with zero attached hydrogens (tertiary/aromatic N) is 4. The Hall–Kier alpha value is -6.28. The van der Waals surface area contributed by atoms with Crippen molar-refractivity contribution in [3.63, 3.8) is 0 Å². The van der Waals surface area contributed by atoms with E-state index >= 15 is 0 Å². The lowest BCUT2D eigenvalue weighted by atomic mass is 9.75. The van der Waals surface area contributed by atoms with Gasteiger partial charge in [-0.1, -0.05) is 126 Å². The molecule has 4 saturated carbocycles. The lowest BCUT2D eigenvalue weighted by Crippen LogP contribution is -2.37. The Bertz CT molecular complexity index is 3480. The number of hydrogen-bond acceptors (Lipinski definition) is 18. The van der Waals surface area contributed by atoms with Gasteiger partial charge in [0.2, 0.25) is 13.6 Å². The highest BCUT2D eigenvalue weighted by Gasteiger charge is 2.53. The number of carbonyl (C=O) groups excluding carboxylic acids is 4. The molecule has 20 heteroatoms. The summed E-state index contributed by atoms with van der Waals surface area (Å²) in [6.07, 6.45) is 13.4. The maximum Gasteiger partial charge on any atom is 0.508 e. The summed E-state index contributed by atoms with van der Waals surface area (Å²) >= 11 is 16.6. The minimum absolute atomic E-state index is 0.0993. The molecule has 8 aliphatic rings. The third-order valence-corrected chi connectivity index (χ3v) is 23.9. The number of fused-ring (bicyclic) bond motifs is 2. The van der Waals surface area contributed by atoms with Crippen LogP contribution in [0, 0.1) is 35.5 Å². The molecule has 6 heterocycles. The van der Waals surface area contributed by atoms with Crippen molar-refractivity contribution in [3.05, 3.63) is 149 Å². The number of benzene rings is 4. The number of rotatable bonds is 20. The quantitative estimate of drug-likeness (QED) is 0.0660. The molecule has 0 amide bonds. The molecular weight excluding hydrogens is 1270 g/mol. The predicted molar refractivity (Wildman–Crippen MR) is 361 cm³/mol. The van der Waals surface area contributed by atoms with Crippen LogP contribution < -0.4 is 18.9 Å². The molecule has 2 aromatic heterocycles. The molecule has 0 bridgehead atoms. The van der Waals surface area contributed by atoms with E-state index in [1.807, 2.05) is 97.3 Å². The fourth-order valence-corrected chi connectivity index (χ4v) is 18.1. The largest absolute Gasteiger partial charge is 0.508 e. The second kappa shape index (κ2) is 28.4. The van der Waals surface area contributed by atoms with Crippen LogP contribution >= 0.6 is 45.9 Å². The first kappa shape index (κ1) is 66.3. The summed E-state index contributed by atoms with van der Waals surface area (Å²) in [5.74, 6) is 5.90. The van der Waals surface area contributed by atoms with Crippen LogP contribution in [-0.2, 0) is 52.2 Å². The molecule has 0 N–H and O–H groups in total. The highest BCUT2D eigenvalue weighted by molar-refractivity contribution is 7.12. The van der Waals surface area contributed by atoms with Crippen molar-refractivity contribution in [2.24, 2.45) is 35.5 Å². The molecule has 16 nitrogen and oxygen atoms in total. The molecule has 6 aromatic rings. The average Bonchev–Trinajstić information content (AvgIpc) is 1.61. The van der Waals surface area contributed by atoms with Crippen molar-refractivity contribution in [2.45, 2.75) is 179 Å². The van der Waals surface area contributed by atoms with E-state index in [4.69, 9.17) is 71.1 Å². The normalized spacial score (nSPS) is 25.5.